The molecule has 0 amide bonds. The van der Waals surface area contributed by atoms with Crippen molar-refractivity contribution in [2.24, 2.45) is 0 Å². The molecule has 0 aliphatic heterocycles. The number of hydrogen-bond donors (Lipinski definition) is 2. The van der Waals surface area contributed by atoms with Crippen LogP contribution in [-0.2, 0) is 17.9 Å². The molecule has 0 aliphatic rings. The van der Waals surface area contributed by atoms with Crippen LogP contribution in [0.3, 0.4) is 0 Å². The van der Waals surface area contributed by atoms with Gasteiger partial charge in [0.25, 0.3) is 0 Å². The van der Waals surface area contributed by atoms with E-state index in [0.29, 0.717) is 32.2 Å². The Morgan fingerprint density at radius 3 is 2.95 bits per heavy atom. The normalized spacial score (nSPS) is 12.3. The highest BCUT2D eigenvalue weighted by Gasteiger charge is 2.05. The highest BCUT2D eigenvalue weighted by atomic mass is 32.1. The third kappa shape index (κ3) is 5.81. The van der Waals surface area contributed by atoms with E-state index in [1.54, 1.807) is 24.6 Å². The van der Waals surface area contributed by atoms with Gasteiger partial charge < -0.3 is 19.9 Å². The number of nitrogens with zero attached hydrogens (tertiary/aromatic N) is 1. The molecule has 2 aromatic heterocycles. The minimum atomic E-state index is -0.517. The lowest BCUT2D eigenvalue weighted by Gasteiger charge is -2.12. The lowest BCUT2D eigenvalue weighted by atomic mass is 10.2. The summed E-state index contributed by atoms with van der Waals surface area (Å²) in [4.78, 5) is 5.29. The maximum Gasteiger partial charge on any atom is 0.212 e. The number of aromatic nitrogens is 1. The van der Waals surface area contributed by atoms with Crippen LogP contribution in [0.15, 0.2) is 35.8 Å². The Labute approximate surface area is 128 Å². The molecule has 0 aliphatic carbocycles. The van der Waals surface area contributed by atoms with Gasteiger partial charge in [0.2, 0.25) is 5.88 Å². The predicted octanol–water partition coefficient (Wildman–Crippen LogP) is 1.82. The van der Waals surface area contributed by atoms with E-state index in [1.165, 1.54) is 4.88 Å². The molecule has 21 heavy (non-hydrogen) atoms. The van der Waals surface area contributed by atoms with E-state index in [1.807, 2.05) is 29.6 Å². The van der Waals surface area contributed by atoms with Crippen molar-refractivity contribution in [3.63, 3.8) is 0 Å². The summed E-state index contributed by atoms with van der Waals surface area (Å²) >= 11 is 1.65. The van der Waals surface area contributed by atoms with E-state index in [2.05, 4.69) is 10.3 Å². The van der Waals surface area contributed by atoms with Crippen molar-refractivity contribution in [3.8, 4) is 5.88 Å². The van der Waals surface area contributed by atoms with E-state index in [9.17, 15) is 5.11 Å². The monoisotopic (exact) mass is 308 g/mol. The predicted molar refractivity (Wildman–Crippen MR) is 82.5 cm³/mol. The van der Waals surface area contributed by atoms with Crippen molar-refractivity contribution in [1.82, 2.24) is 10.3 Å². The van der Waals surface area contributed by atoms with Gasteiger partial charge in [0.15, 0.2) is 0 Å². The second-order valence-electron chi connectivity index (χ2n) is 4.59. The maximum atomic E-state index is 9.82. The fourth-order valence-corrected chi connectivity index (χ4v) is 2.41. The molecule has 1 unspecified atom stereocenters. The summed E-state index contributed by atoms with van der Waals surface area (Å²) in [5.41, 5.74) is 1.04. The Hall–Kier alpha value is -1.47. The summed E-state index contributed by atoms with van der Waals surface area (Å²) in [7, 11) is 1.59. The fraction of sp³-hybridized carbons (Fsp3) is 0.400. The molecular formula is C15H20N2O3S. The first-order valence-electron chi connectivity index (χ1n) is 6.75. The Bertz CT molecular complexity index is 502. The van der Waals surface area contributed by atoms with Crippen LogP contribution in [0.1, 0.15) is 10.4 Å². The second kappa shape index (κ2) is 8.74. The van der Waals surface area contributed by atoms with Crippen LogP contribution in [0.2, 0.25) is 0 Å². The standard InChI is InChI=1S/C15H20N2O3S/c1-19-15-5-4-12(8-17-15)7-16-9-13(18)10-20-11-14-3-2-6-21-14/h2-6,8,13,16,18H,7,9-11H2,1H3. The summed E-state index contributed by atoms with van der Waals surface area (Å²) in [6.07, 6.45) is 1.24. The zero-order valence-electron chi connectivity index (χ0n) is 12.0. The molecule has 0 radical (unpaired) electrons. The summed E-state index contributed by atoms with van der Waals surface area (Å²) in [5.74, 6) is 0.598. The number of nitrogens with one attached hydrogen (secondary N) is 1. The lowest BCUT2D eigenvalue weighted by Crippen LogP contribution is -2.30. The van der Waals surface area contributed by atoms with Crippen LogP contribution in [-0.4, -0.2) is 36.5 Å². The fourth-order valence-electron chi connectivity index (χ4n) is 1.77. The molecule has 0 fully saturated rings. The van der Waals surface area contributed by atoms with E-state index >= 15 is 0 Å². The number of pyridine rings is 1. The molecule has 0 spiro atoms. The Morgan fingerprint density at radius 1 is 1.38 bits per heavy atom. The first kappa shape index (κ1) is 15.9. The average Bonchev–Trinajstić information content (AvgIpc) is 3.01. The third-order valence-corrected chi connectivity index (χ3v) is 3.70. The van der Waals surface area contributed by atoms with Gasteiger partial charge in [-0.15, -0.1) is 11.3 Å². The highest BCUT2D eigenvalue weighted by molar-refractivity contribution is 7.09. The first-order chi connectivity index (χ1) is 10.3. The van der Waals surface area contributed by atoms with Gasteiger partial charge in [-0.05, 0) is 17.0 Å². The molecule has 2 N–H and O–H groups in total. The highest BCUT2D eigenvalue weighted by Crippen LogP contribution is 2.09. The van der Waals surface area contributed by atoms with Crippen molar-refractivity contribution in [1.29, 1.82) is 0 Å². The Balaban J connectivity index is 1.58. The van der Waals surface area contributed by atoms with E-state index in [0.717, 1.165) is 5.56 Å². The van der Waals surface area contributed by atoms with Crippen LogP contribution >= 0.6 is 11.3 Å². The Morgan fingerprint density at radius 2 is 2.29 bits per heavy atom. The van der Waals surface area contributed by atoms with Crippen LogP contribution in [0.5, 0.6) is 5.88 Å². The summed E-state index contributed by atoms with van der Waals surface area (Å²) < 4.78 is 10.5. The lowest BCUT2D eigenvalue weighted by molar-refractivity contribution is 0.0297. The SMILES string of the molecule is COc1ccc(CNCC(O)COCc2cccs2)cn1. The van der Waals surface area contributed by atoms with Crippen molar-refractivity contribution >= 4 is 11.3 Å². The van der Waals surface area contributed by atoms with Crippen LogP contribution in [0, 0.1) is 0 Å². The number of ether oxygens (including phenoxy) is 2. The molecule has 2 aromatic rings. The number of hydrogen-bond acceptors (Lipinski definition) is 6. The smallest absolute Gasteiger partial charge is 0.212 e. The van der Waals surface area contributed by atoms with Crippen molar-refractivity contribution in [2.45, 2.75) is 19.3 Å². The number of aliphatic hydroxyl groups excluding tert-OH is 1. The minimum absolute atomic E-state index is 0.325. The molecule has 0 saturated heterocycles. The number of thiophene rings is 1. The maximum absolute atomic E-state index is 9.82. The number of rotatable bonds is 9. The van der Waals surface area contributed by atoms with Crippen LogP contribution < -0.4 is 10.1 Å². The van der Waals surface area contributed by atoms with Crippen molar-refractivity contribution in [3.05, 3.63) is 46.3 Å². The zero-order valence-corrected chi connectivity index (χ0v) is 12.8. The summed E-state index contributed by atoms with van der Waals surface area (Å²) in [6, 6.07) is 7.77. The van der Waals surface area contributed by atoms with Gasteiger partial charge in [0, 0.05) is 30.2 Å². The van der Waals surface area contributed by atoms with Gasteiger partial charge in [0.05, 0.1) is 26.4 Å². The molecule has 6 heteroatoms. The molecule has 0 saturated carbocycles. The van der Waals surface area contributed by atoms with Gasteiger partial charge in [-0.3, -0.25) is 0 Å². The third-order valence-electron chi connectivity index (χ3n) is 2.85. The van der Waals surface area contributed by atoms with E-state index < -0.39 is 6.10 Å². The topological polar surface area (TPSA) is 63.6 Å². The summed E-state index contributed by atoms with van der Waals surface area (Å²) in [5, 5.41) is 15.0. The first-order valence-corrected chi connectivity index (χ1v) is 7.63. The molecule has 5 nitrogen and oxygen atoms in total. The van der Waals surface area contributed by atoms with Crippen LogP contribution in [0.4, 0.5) is 0 Å². The molecule has 2 heterocycles. The minimum Gasteiger partial charge on any atom is -0.481 e. The molecular weight excluding hydrogens is 288 g/mol. The van der Waals surface area contributed by atoms with Gasteiger partial charge in [-0.25, -0.2) is 4.98 Å². The largest absolute Gasteiger partial charge is 0.481 e. The van der Waals surface area contributed by atoms with Crippen LogP contribution in [0.25, 0.3) is 0 Å². The molecule has 114 valence electrons. The molecule has 0 aromatic carbocycles. The number of aliphatic hydroxyl groups is 1. The van der Waals surface area contributed by atoms with Crippen molar-refractivity contribution in [2.75, 3.05) is 20.3 Å². The molecule has 0 bridgehead atoms. The van der Waals surface area contributed by atoms with Gasteiger partial charge in [-0.1, -0.05) is 12.1 Å². The summed E-state index contributed by atoms with van der Waals surface area (Å²) in [6.45, 7) is 2.01. The Kier molecular flexibility index (Phi) is 6.62. The second-order valence-corrected chi connectivity index (χ2v) is 5.62. The van der Waals surface area contributed by atoms with Gasteiger partial charge in [0.1, 0.15) is 0 Å². The average molecular weight is 308 g/mol. The van der Waals surface area contributed by atoms with E-state index in [4.69, 9.17) is 9.47 Å². The van der Waals surface area contributed by atoms with Crippen molar-refractivity contribution < 1.29 is 14.6 Å². The quantitative estimate of drug-likeness (QED) is 0.740. The van der Waals surface area contributed by atoms with Gasteiger partial charge >= 0.3 is 0 Å². The number of methoxy groups -OCH3 is 1. The zero-order chi connectivity index (χ0) is 14.9. The van der Waals surface area contributed by atoms with E-state index in [-0.39, 0.29) is 0 Å². The van der Waals surface area contributed by atoms with Gasteiger partial charge in [-0.2, -0.15) is 0 Å². The molecule has 1 atom stereocenters. The molecule has 2 rings (SSSR count).